The Balaban J connectivity index is 2.76. The first kappa shape index (κ1) is 11.8. The molecule has 0 fully saturated rings. The van der Waals surface area contributed by atoms with Crippen molar-refractivity contribution in [2.45, 2.75) is 19.4 Å². The Labute approximate surface area is 93.9 Å². The van der Waals surface area contributed by atoms with Crippen LogP contribution < -0.4 is 4.74 Å². The van der Waals surface area contributed by atoms with Gasteiger partial charge in [-0.1, -0.05) is 11.6 Å². The molecule has 0 atom stereocenters. The molecule has 1 aromatic rings. The van der Waals surface area contributed by atoms with Crippen molar-refractivity contribution in [3.8, 4) is 11.8 Å². The lowest BCUT2D eigenvalue weighted by molar-refractivity contribution is 0.0285. The molecule has 0 aromatic heterocycles. The Hall–Kier alpha value is -1.24. The van der Waals surface area contributed by atoms with Crippen molar-refractivity contribution in [1.82, 2.24) is 0 Å². The van der Waals surface area contributed by atoms with Crippen LogP contribution in [0.4, 0.5) is 0 Å². The molecule has 0 bridgehead atoms. The molecule has 3 nitrogen and oxygen atoms in total. The minimum atomic E-state index is -0.906. The van der Waals surface area contributed by atoms with Crippen LogP contribution in [0.1, 0.15) is 19.4 Å². The van der Waals surface area contributed by atoms with E-state index in [9.17, 15) is 5.11 Å². The Morgan fingerprint density at radius 3 is 2.67 bits per heavy atom. The number of ether oxygens (including phenoxy) is 1. The minimum Gasteiger partial charge on any atom is -0.489 e. The number of benzene rings is 1. The van der Waals surface area contributed by atoms with Crippen molar-refractivity contribution in [2.24, 2.45) is 0 Å². The molecule has 0 amide bonds. The molecule has 4 heteroatoms. The molecule has 0 aliphatic carbocycles. The number of nitriles is 1. The third kappa shape index (κ3) is 3.78. The third-order valence-corrected chi connectivity index (χ3v) is 1.94. The summed E-state index contributed by atoms with van der Waals surface area (Å²) < 4.78 is 5.31. The monoisotopic (exact) mass is 225 g/mol. The molecule has 80 valence electrons. The minimum absolute atomic E-state index is 0.151. The van der Waals surface area contributed by atoms with Crippen LogP contribution in [-0.4, -0.2) is 17.3 Å². The van der Waals surface area contributed by atoms with Crippen LogP contribution in [0, 0.1) is 11.3 Å². The average molecular weight is 226 g/mol. The first-order valence-corrected chi connectivity index (χ1v) is 4.85. The van der Waals surface area contributed by atoms with Crippen molar-refractivity contribution in [2.75, 3.05) is 6.61 Å². The van der Waals surface area contributed by atoms with Crippen molar-refractivity contribution < 1.29 is 9.84 Å². The van der Waals surface area contributed by atoms with E-state index in [2.05, 4.69) is 0 Å². The van der Waals surface area contributed by atoms with Crippen LogP contribution in [0.25, 0.3) is 0 Å². The highest BCUT2D eigenvalue weighted by molar-refractivity contribution is 6.32. The summed E-state index contributed by atoms with van der Waals surface area (Å²) in [4.78, 5) is 0. The normalized spacial score (nSPS) is 10.9. The molecule has 0 spiro atoms. The molecule has 0 aliphatic rings. The second-order valence-corrected chi connectivity index (χ2v) is 4.27. The van der Waals surface area contributed by atoms with Gasteiger partial charge < -0.3 is 9.84 Å². The third-order valence-electron chi connectivity index (χ3n) is 1.64. The zero-order chi connectivity index (χ0) is 11.5. The van der Waals surface area contributed by atoms with Gasteiger partial charge in [0.1, 0.15) is 12.4 Å². The maximum Gasteiger partial charge on any atom is 0.138 e. The fourth-order valence-electron chi connectivity index (χ4n) is 0.942. The van der Waals surface area contributed by atoms with E-state index in [0.29, 0.717) is 16.3 Å². The topological polar surface area (TPSA) is 53.2 Å². The van der Waals surface area contributed by atoms with Crippen LogP contribution in [0.5, 0.6) is 5.75 Å². The van der Waals surface area contributed by atoms with Crippen LogP contribution in [0.2, 0.25) is 5.02 Å². The second-order valence-electron chi connectivity index (χ2n) is 3.86. The van der Waals surface area contributed by atoms with E-state index in [4.69, 9.17) is 21.6 Å². The van der Waals surface area contributed by atoms with Crippen molar-refractivity contribution >= 4 is 11.6 Å². The van der Waals surface area contributed by atoms with E-state index in [-0.39, 0.29) is 6.61 Å². The molecule has 1 rings (SSSR count). The number of rotatable bonds is 3. The fraction of sp³-hybridized carbons (Fsp3) is 0.364. The quantitative estimate of drug-likeness (QED) is 0.859. The fourth-order valence-corrected chi connectivity index (χ4v) is 1.18. The van der Waals surface area contributed by atoms with E-state index < -0.39 is 5.60 Å². The first-order chi connectivity index (χ1) is 6.92. The van der Waals surface area contributed by atoms with Gasteiger partial charge in [0.2, 0.25) is 0 Å². The standard InChI is InChI=1S/C11H12ClNO2/c1-11(2,14)7-15-10-4-3-8(6-13)5-9(10)12/h3-5,14H,7H2,1-2H3. The van der Waals surface area contributed by atoms with E-state index in [1.165, 1.54) is 6.07 Å². The summed E-state index contributed by atoms with van der Waals surface area (Å²) in [5, 5.41) is 18.4. The zero-order valence-electron chi connectivity index (χ0n) is 8.62. The maximum absolute atomic E-state index is 9.45. The number of hydrogen-bond acceptors (Lipinski definition) is 3. The smallest absolute Gasteiger partial charge is 0.138 e. The van der Waals surface area contributed by atoms with Crippen molar-refractivity contribution in [1.29, 1.82) is 5.26 Å². The van der Waals surface area contributed by atoms with Crippen LogP contribution in [0.3, 0.4) is 0 Å². The predicted octanol–water partition coefficient (Wildman–Crippen LogP) is 2.36. The number of nitrogens with zero attached hydrogens (tertiary/aromatic N) is 1. The number of halogens is 1. The second kappa shape index (κ2) is 4.52. The molecule has 0 saturated heterocycles. The van der Waals surface area contributed by atoms with Crippen molar-refractivity contribution in [3.63, 3.8) is 0 Å². The summed E-state index contributed by atoms with van der Waals surface area (Å²) in [7, 11) is 0. The predicted molar refractivity (Wildman–Crippen MR) is 58.0 cm³/mol. The highest BCUT2D eigenvalue weighted by Crippen LogP contribution is 2.25. The molecule has 0 saturated carbocycles. The Morgan fingerprint density at radius 1 is 1.53 bits per heavy atom. The van der Waals surface area contributed by atoms with Gasteiger partial charge in [0.25, 0.3) is 0 Å². The SMILES string of the molecule is CC(C)(O)COc1ccc(C#N)cc1Cl. The molecule has 1 aromatic carbocycles. The summed E-state index contributed by atoms with van der Waals surface area (Å²) in [6.45, 7) is 3.44. The molecular weight excluding hydrogens is 214 g/mol. The van der Waals surface area contributed by atoms with Crippen LogP contribution in [0.15, 0.2) is 18.2 Å². The molecule has 0 unspecified atom stereocenters. The lowest BCUT2D eigenvalue weighted by atomic mass is 10.2. The van der Waals surface area contributed by atoms with E-state index >= 15 is 0 Å². The summed E-state index contributed by atoms with van der Waals surface area (Å²) in [5.74, 6) is 0.470. The molecule has 1 N–H and O–H groups in total. The highest BCUT2D eigenvalue weighted by atomic mass is 35.5. The molecular formula is C11H12ClNO2. The van der Waals surface area contributed by atoms with E-state index in [0.717, 1.165) is 0 Å². The van der Waals surface area contributed by atoms with E-state index in [1.807, 2.05) is 6.07 Å². The van der Waals surface area contributed by atoms with Crippen LogP contribution >= 0.6 is 11.6 Å². The highest BCUT2D eigenvalue weighted by Gasteiger charge is 2.14. The summed E-state index contributed by atoms with van der Waals surface area (Å²) >= 11 is 5.88. The van der Waals surface area contributed by atoms with E-state index in [1.54, 1.807) is 26.0 Å². The Kier molecular flexibility index (Phi) is 3.57. The largest absolute Gasteiger partial charge is 0.489 e. The van der Waals surface area contributed by atoms with Gasteiger partial charge in [-0.2, -0.15) is 5.26 Å². The van der Waals surface area contributed by atoms with Gasteiger partial charge in [-0.05, 0) is 32.0 Å². The summed E-state index contributed by atoms with van der Waals surface area (Å²) in [6, 6.07) is 6.74. The van der Waals surface area contributed by atoms with Gasteiger partial charge in [-0.3, -0.25) is 0 Å². The molecule has 0 radical (unpaired) electrons. The van der Waals surface area contributed by atoms with Gasteiger partial charge >= 0.3 is 0 Å². The van der Waals surface area contributed by atoms with Crippen LogP contribution in [-0.2, 0) is 0 Å². The molecule has 0 heterocycles. The summed E-state index contributed by atoms with van der Waals surface area (Å²) in [6.07, 6.45) is 0. The first-order valence-electron chi connectivity index (χ1n) is 4.47. The van der Waals surface area contributed by atoms with Gasteiger partial charge in [0.05, 0.1) is 22.3 Å². The van der Waals surface area contributed by atoms with Gasteiger partial charge in [-0.25, -0.2) is 0 Å². The number of hydrogen-bond donors (Lipinski definition) is 1. The van der Waals surface area contributed by atoms with Gasteiger partial charge in [-0.15, -0.1) is 0 Å². The Morgan fingerprint density at radius 2 is 2.20 bits per heavy atom. The molecule has 15 heavy (non-hydrogen) atoms. The zero-order valence-corrected chi connectivity index (χ0v) is 9.38. The molecule has 0 aliphatic heterocycles. The average Bonchev–Trinajstić information content (AvgIpc) is 2.14. The lowest BCUT2D eigenvalue weighted by Crippen LogP contribution is -2.27. The summed E-state index contributed by atoms with van der Waals surface area (Å²) in [5.41, 5.74) is -0.423. The lowest BCUT2D eigenvalue weighted by Gasteiger charge is -2.18. The Bertz CT molecular complexity index is 391. The van der Waals surface area contributed by atoms with Crippen molar-refractivity contribution in [3.05, 3.63) is 28.8 Å². The number of aliphatic hydroxyl groups is 1. The van der Waals surface area contributed by atoms with Gasteiger partial charge in [0, 0.05) is 0 Å². The van der Waals surface area contributed by atoms with Gasteiger partial charge in [0.15, 0.2) is 0 Å². The maximum atomic E-state index is 9.45.